The van der Waals surface area contributed by atoms with E-state index >= 15 is 0 Å². The van der Waals surface area contributed by atoms with Crippen LogP contribution in [-0.4, -0.2) is 0 Å². The van der Waals surface area contributed by atoms with E-state index in [0.29, 0.717) is 6.16 Å². The van der Waals surface area contributed by atoms with Crippen LogP contribution in [0.2, 0.25) is 0 Å². The zero-order valence-electron chi connectivity index (χ0n) is 5.92. The number of rotatable bonds is 2. The number of aryl methyl sites for hydroxylation is 1. The van der Waals surface area contributed by atoms with Gasteiger partial charge in [0, 0.05) is 5.56 Å². The van der Waals surface area contributed by atoms with Gasteiger partial charge in [-0.1, -0.05) is 28.8 Å². The molecule has 1 aromatic rings. The molecule has 1 unspecified atom stereocenters. The van der Waals surface area contributed by atoms with Gasteiger partial charge in [0.05, 0.1) is 0 Å². The van der Waals surface area contributed by atoms with E-state index in [0.717, 1.165) is 0 Å². The quantitative estimate of drug-likeness (QED) is 0.596. The highest BCUT2D eigenvalue weighted by atomic mass is 31.1. The second-order valence-electron chi connectivity index (χ2n) is 2.25. The Balaban J connectivity index is 2.91. The zero-order chi connectivity index (χ0) is 7.40. The highest BCUT2D eigenvalue weighted by Crippen LogP contribution is 2.12. The lowest BCUT2D eigenvalue weighted by Crippen LogP contribution is -1.81. The molecule has 0 N–H and O–H groups in total. The van der Waals surface area contributed by atoms with Crippen molar-refractivity contribution < 1.29 is 4.57 Å². The Morgan fingerprint density at radius 2 is 2.10 bits per heavy atom. The molecular weight excluding hydrogens is 143 g/mol. The highest BCUT2D eigenvalue weighted by molar-refractivity contribution is 7.22. The molecule has 0 saturated carbocycles. The molecule has 1 rings (SSSR count). The van der Waals surface area contributed by atoms with Gasteiger partial charge in [0.1, 0.15) is 0 Å². The van der Waals surface area contributed by atoms with Crippen molar-refractivity contribution in [1.29, 1.82) is 0 Å². The van der Waals surface area contributed by atoms with Crippen LogP contribution in [0.5, 0.6) is 0 Å². The van der Waals surface area contributed by atoms with E-state index in [9.17, 15) is 4.57 Å². The van der Waals surface area contributed by atoms with Crippen molar-refractivity contribution in [2.24, 2.45) is 0 Å². The first kappa shape index (κ1) is 7.43. The summed E-state index contributed by atoms with van der Waals surface area (Å²) in [6, 6.07) is 8.02. The van der Waals surface area contributed by atoms with Crippen LogP contribution in [0.15, 0.2) is 24.3 Å². The van der Waals surface area contributed by atoms with Crippen LogP contribution in [-0.2, 0) is 10.7 Å². The van der Waals surface area contributed by atoms with Crippen molar-refractivity contribution in [1.82, 2.24) is 0 Å². The van der Waals surface area contributed by atoms with Gasteiger partial charge in [0.2, 0.25) is 0 Å². The SMILES string of the molecule is Cc1ccccc1C[PH+]=O. The predicted molar refractivity (Wildman–Crippen MR) is 43.9 cm³/mol. The predicted octanol–water partition coefficient (Wildman–Crippen LogP) is 2.52. The molecule has 1 nitrogen and oxygen atoms in total. The molecule has 0 aliphatic heterocycles. The lowest BCUT2D eigenvalue weighted by atomic mass is 10.1. The summed E-state index contributed by atoms with van der Waals surface area (Å²) in [6.07, 6.45) is 0.687. The Morgan fingerprint density at radius 3 is 2.70 bits per heavy atom. The van der Waals surface area contributed by atoms with Gasteiger partial charge in [0.15, 0.2) is 6.16 Å². The fourth-order valence-corrected chi connectivity index (χ4v) is 1.44. The summed E-state index contributed by atoms with van der Waals surface area (Å²) in [7, 11) is -0.218. The van der Waals surface area contributed by atoms with Crippen molar-refractivity contribution >= 4 is 8.46 Å². The van der Waals surface area contributed by atoms with E-state index in [4.69, 9.17) is 0 Å². The summed E-state index contributed by atoms with van der Waals surface area (Å²) in [5.74, 6) is 0. The van der Waals surface area contributed by atoms with E-state index in [1.165, 1.54) is 11.1 Å². The van der Waals surface area contributed by atoms with E-state index in [2.05, 4.69) is 0 Å². The molecule has 0 amide bonds. The van der Waals surface area contributed by atoms with Gasteiger partial charge in [-0.25, -0.2) is 0 Å². The van der Waals surface area contributed by atoms with Crippen LogP contribution < -0.4 is 0 Å². The normalized spacial score (nSPS) is 10.1. The van der Waals surface area contributed by atoms with Crippen molar-refractivity contribution in [3.63, 3.8) is 0 Å². The first-order valence-corrected chi connectivity index (χ1v) is 4.35. The monoisotopic (exact) mass is 153 g/mol. The standard InChI is InChI=1S/C8H9OP/c1-7-4-2-3-5-8(7)6-10-9/h2-5H,6H2,1H3/p+1. The largest absolute Gasteiger partial charge is 0.329 e. The summed E-state index contributed by atoms with van der Waals surface area (Å²) in [4.78, 5) is 0. The molecule has 0 fully saturated rings. The Labute approximate surface area is 62.3 Å². The minimum Gasteiger partial charge on any atom is -0.0771 e. The average molecular weight is 153 g/mol. The topological polar surface area (TPSA) is 17.1 Å². The van der Waals surface area contributed by atoms with Crippen LogP contribution in [0.25, 0.3) is 0 Å². The van der Waals surface area contributed by atoms with Crippen LogP contribution in [0.1, 0.15) is 11.1 Å². The van der Waals surface area contributed by atoms with E-state index < -0.39 is 0 Å². The second kappa shape index (κ2) is 3.48. The first-order chi connectivity index (χ1) is 4.84. The highest BCUT2D eigenvalue weighted by Gasteiger charge is 1.98. The molecule has 0 aromatic heterocycles. The van der Waals surface area contributed by atoms with Crippen LogP contribution in [0.4, 0.5) is 0 Å². The third-order valence-corrected chi connectivity index (χ3v) is 2.05. The van der Waals surface area contributed by atoms with Gasteiger partial charge in [-0.2, -0.15) is 0 Å². The van der Waals surface area contributed by atoms with Gasteiger partial charge in [-0.15, -0.1) is 0 Å². The first-order valence-electron chi connectivity index (χ1n) is 3.24. The Bertz CT molecular complexity index is 232. The maximum atomic E-state index is 10.3. The number of benzene rings is 1. The van der Waals surface area contributed by atoms with E-state index in [-0.39, 0.29) is 8.46 Å². The number of hydrogen-bond acceptors (Lipinski definition) is 1. The van der Waals surface area contributed by atoms with Gasteiger partial charge in [-0.05, 0) is 12.5 Å². The van der Waals surface area contributed by atoms with E-state index in [1.54, 1.807) is 0 Å². The van der Waals surface area contributed by atoms with Gasteiger partial charge < -0.3 is 0 Å². The molecule has 0 bridgehead atoms. The van der Waals surface area contributed by atoms with Gasteiger partial charge >= 0.3 is 8.46 Å². The average Bonchev–Trinajstić information content (AvgIpc) is 1.94. The van der Waals surface area contributed by atoms with Crippen molar-refractivity contribution in [2.75, 3.05) is 0 Å². The maximum absolute atomic E-state index is 10.3. The van der Waals surface area contributed by atoms with Crippen molar-refractivity contribution in [3.05, 3.63) is 35.4 Å². The van der Waals surface area contributed by atoms with Crippen molar-refractivity contribution in [2.45, 2.75) is 13.1 Å². The maximum Gasteiger partial charge on any atom is 0.329 e. The molecule has 52 valence electrons. The number of hydrogen-bond donors (Lipinski definition) is 0. The molecule has 0 spiro atoms. The summed E-state index contributed by atoms with van der Waals surface area (Å²) in [6.45, 7) is 2.04. The Hall–Kier alpha value is -0.680. The Morgan fingerprint density at radius 1 is 1.40 bits per heavy atom. The summed E-state index contributed by atoms with van der Waals surface area (Å²) < 4.78 is 10.3. The second-order valence-corrected chi connectivity index (χ2v) is 2.89. The van der Waals surface area contributed by atoms with Crippen LogP contribution in [0.3, 0.4) is 0 Å². The summed E-state index contributed by atoms with van der Waals surface area (Å²) in [5.41, 5.74) is 2.42. The molecule has 0 heterocycles. The molecule has 1 aromatic carbocycles. The zero-order valence-corrected chi connectivity index (χ0v) is 6.92. The molecule has 0 saturated heterocycles. The minimum absolute atomic E-state index is 0.218. The molecule has 0 radical (unpaired) electrons. The lowest BCUT2D eigenvalue weighted by molar-refractivity contribution is 0.598. The van der Waals surface area contributed by atoms with Crippen LogP contribution in [0, 0.1) is 6.92 Å². The van der Waals surface area contributed by atoms with E-state index in [1.807, 2.05) is 31.2 Å². The molecule has 0 aliphatic rings. The van der Waals surface area contributed by atoms with Gasteiger partial charge in [0.25, 0.3) is 0 Å². The third-order valence-electron chi connectivity index (χ3n) is 1.52. The molecule has 1 atom stereocenters. The molecule has 0 aliphatic carbocycles. The van der Waals surface area contributed by atoms with Crippen molar-refractivity contribution in [3.8, 4) is 0 Å². The van der Waals surface area contributed by atoms with Crippen LogP contribution >= 0.6 is 8.46 Å². The fourth-order valence-electron chi connectivity index (χ4n) is 0.886. The minimum atomic E-state index is -0.218. The summed E-state index contributed by atoms with van der Waals surface area (Å²) in [5, 5.41) is 0. The molecule has 2 heteroatoms. The molecular formula is C8H10OP+. The Kier molecular flexibility index (Phi) is 2.58. The van der Waals surface area contributed by atoms with Gasteiger partial charge in [-0.3, -0.25) is 0 Å². The smallest absolute Gasteiger partial charge is 0.0771 e. The molecule has 10 heavy (non-hydrogen) atoms. The summed E-state index contributed by atoms with van der Waals surface area (Å²) >= 11 is 0. The fraction of sp³-hybridized carbons (Fsp3) is 0.250. The lowest BCUT2D eigenvalue weighted by Gasteiger charge is -1.94. The third kappa shape index (κ3) is 1.65.